The highest BCUT2D eigenvalue weighted by molar-refractivity contribution is 5.80. The number of benzene rings is 1. The Morgan fingerprint density at radius 2 is 2.05 bits per heavy atom. The van der Waals surface area contributed by atoms with Gasteiger partial charge in [0.25, 0.3) is 0 Å². The number of rotatable bonds is 2. The minimum atomic E-state index is -0.417. The van der Waals surface area contributed by atoms with E-state index >= 15 is 0 Å². The summed E-state index contributed by atoms with van der Waals surface area (Å²) < 4.78 is 26.9. The van der Waals surface area contributed by atoms with Crippen LogP contribution in [0.25, 0.3) is 0 Å². The second-order valence-electron chi connectivity index (χ2n) is 6.52. The lowest BCUT2D eigenvalue weighted by molar-refractivity contribution is 0.309. The fraction of sp³-hybridized carbons (Fsp3) is 0.588. The Morgan fingerprint density at radius 1 is 1.27 bits per heavy atom. The molecule has 120 valence electrons. The molecule has 0 bridgehead atoms. The van der Waals surface area contributed by atoms with Gasteiger partial charge in [-0.3, -0.25) is 4.99 Å². The smallest absolute Gasteiger partial charge is 0.193 e. The lowest BCUT2D eigenvalue weighted by atomic mass is 9.86. The largest absolute Gasteiger partial charge is 0.352 e. The Bertz CT molecular complexity index is 565. The van der Waals surface area contributed by atoms with Crippen molar-refractivity contribution in [2.24, 2.45) is 10.4 Å². The summed E-state index contributed by atoms with van der Waals surface area (Å²) in [5.41, 5.74) is 0.790. The van der Waals surface area contributed by atoms with Gasteiger partial charge in [0.1, 0.15) is 11.6 Å². The van der Waals surface area contributed by atoms with Gasteiger partial charge in [0.2, 0.25) is 0 Å². The third-order valence-electron chi connectivity index (χ3n) is 5.06. The molecule has 1 N–H and O–H groups in total. The first-order valence-electron chi connectivity index (χ1n) is 8.01. The van der Waals surface area contributed by atoms with E-state index in [0.717, 1.165) is 25.1 Å². The molecule has 0 radical (unpaired) electrons. The van der Waals surface area contributed by atoms with Crippen LogP contribution in [-0.4, -0.2) is 31.0 Å². The number of aliphatic imine (C=N–C) groups is 1. The molecule has 2 aliphatic rings. The number of hydrogen-bond acceptors (Lipinski definition) is 1. The molecule has 0 atom stereocenters. The first-order valence-corrected chi connectivity index (χ1v) is 8.01. The van der Waals surface area contributed by atoms with Crippen LogP contribution in [0.15, 0.2) is 23.2 Å². The maximum atomic E-state index is 13.7. The fourth-order valence-corrected chi connectivity index (χ4v) is 3.83. The van der Waals surface area contributed by atoms with E-state index < -0.39 is 11.6 Å². The van der Waals surface area contributed by atoms with E-state index in [1.54, 1.807) is 7.05 Å². The lowest BCUT2D eigenvalue weighted by Gasteiger charge is -2.26. The maximum absolute atomic E-state index is 13.7. The molecule has 3 nitrogen and oxygen atoms in total. The topological polar surface area (TPSA) is 27.6 Å². The summed E-state index contributed by atoms with van der Waals surface area (Å²) in [6.45, 7) is 2.27. The monoisotopic (exact) mass is 307 g/mol. The summed E-state index contributed by atoms with van der Waals surface area (Å²) >= 11 is 0. The van der Waals surface area contributed by atoms with Gasteiger partial charge in [0, 0.05) is 32.2 Å². The molecule has 1 aliphatic carbocycles. The highest BCUT2D eigenvalue weighted by Crippen LogP contribution is 2.45. The van der Waals surface area contributed by atoms with Crippen LogP contribution < -0.4 is 5.32 Å². The van der Waals surface area contributed by atoms with Crippen LogP contribution in [-0.2, 0) is 6.54 Å². The average molecular weight is 307 g/mol. The van der Waals surface area contributed by atoms with Crippen LogP contribution in [0.4, 0.5) is 8.78 Å². The average Bonchev–Trinajstić information content (AvgIpc) is 3.14. The van der Waals surface area contributed by atoms with Crippen molar-refractivity contribution in [1.82, 2.24) is 10.2 Å². The normalized spacial score (nSPS) is 20.9. The Hall–Kier alpha value is -1.65. The first-order chi connectivity index (χ1) is 10.6. The van der Waals surface area contributed by atoms with Crippen molar-refractivity contribution >= 4 is 5.96 Å². The van der Waals surface area contributed by atoms with Crippen LogP contribution in [0.5, 0.6) is 0 Å². The minimum Gasteiger partial charge on any atom is -0.352 e. The molecule has 3 rings (SSSR count). The molecule has 0 aromatic heterocycles. The van der Waals surface area contributed by atoms with E-state index in [2.05, 4.69) is 15.2 Å². The van der Waals surface area contributed by atoms with E-state index in [0.29, 0.717) is 11.0 Å². The van der Waals surface area contributed by atoms with E-state index in [1.807, 2.05) is 0 Å². The maximum Gasteiger partial charge on any atom is 0.193 e. The molecule has 1 saturated carbocycles. The van der Waals surface area contributed by atoms with E-state index in [1.165, 1.54) is 44.2 Å². The van der Waals surface area contributed by atoms with Crippen molar-refractivity contribution in [2.75, 3.05) is 20.1 Å². The summed E-state index contributed by atoms with van der Waals surface area (Å²) in [5.74, 6) is -0.0234. The summed E-state index contributed by atoms with van der Waals surface area (Å²) in [5, 5.41) is 3.17. The Labute approximate surface area is 130 Å². The van der Waals surface area contributed by atoms with Crippen molar-refractivity contribution in [3.63, 3.8) is 0 Å². The molecule has 1 spiro atoms. The number of nitrogens with one attached hydrogen (secondary N) is 1. The zero-order valence-electron chi connectivity index (χ0n) is 13.0. The number of guanidine groups is 1. The number of halogens is 2. The molecule has 1 aromatic carbocycles. The van der Waals surface area contributed by atoms with Crippen molar-refractivity contribution in [3.8, 4) is 0 Å². The van der Waals surface area contributed by atoms with Crippen LogP contribution >= 0.6 is 0 Å². The van der Waals surface area contributed by atoms with Gasteiger partial charge in [-0.15, -0.1) is 0 Å². The van der Waals surface area contributed by atoms with Gasteiger partial charge in [0.05, 0.1) is 0 Å². The molecule has 2 fully saturated rings. The summed E-state index contributed by atoms with van der Waals surface area (Å²) in [7, 11) is 1.74. The third kappa shape index (κ3) is 3.08. The van der Waals surface area contributed by atoms with Crippen LogP contribution in [0.2, 0.25) is 0 Å². The number of hydrogen-bond donors (Lipinski definition) is 1. The van der Waals surface area contributed by atoms with E-state index in [9.17, 15) is 8.78 Å². The van der Waals surface area contributed by atoms with Gasteiger partial charge in [0.15, 0.2) is 5.96 Å². The molecule has 1 aromatic rings. The molecule has 1 aliphatic heterocycles. The van der Waals surface area contributed by atoms with Gasteiger partial charge in [-0.1, -0.05) is 12.8 Å². The molecular weight excluding hydrogens is 284 g/mol. The highest BCUT2D eigenvalue weighted by atomic mass is 19.1. The molecule has 1 saturated heterocycles. The third-order valence-corrected chi connectivity index (χ3v) is 5.06. The number of likely N-dealkylation sites (tertiary alicyclic amines) is 1. The van der Waals surface area contributed by atoms with Gasteiger partial charge >= 0.3 is 0 Å². The van der Waals surface area contributed by atoms with Crippen molar-refractivity contribution in [2.45, 2.75) is 38.6 Å². The number of nitrogens with zero attached hydrogens (tertiary/aromatic N) is 2. The summed E-state index contributed by atoms with van der Waals surface area (Å²) in [6, 6.07) is 3.54. The second kappa shape index (κ2) is 6.23. The van der Waals surface area contributed by atoms with Crippen molar-refractivity contribution in [3.05, 3.63) is 35.4 Å². The van der Waals surface area contributed by atoms with Crippen LogP contribution in [0.1, 0.15) is 37.7 Å². The lowest BCUT2D eigenvalue weighted by Crippen LogP contribution is -2.40. The standard InChI is InChI=1S/C17H23F2N3/c1-20-16(21-11-13-10-14(18)4-5-15(13)19)22-9-8-17(12-22)6-2-3-7-17/h4-5,10H,2-3,6-9,11-12H2,1H3,(H,20,21). The van der Waals surface area contributed by atoms with E-state index in [4.69, 9.17) is 0 Å². The van der Waals surface area contributed by atoms with Crippen molar-refractivity contribution in [1.29, 1.82) is 0 Å². The summed E-state index contributed by atoms with van der Waals surface area (Å²) in [6.07, 6.45) is 6.48. The Balaban J connectivity index is 1.62. The summed E-state index contributed by atoms with van der Waals surface area (Å²) in [4.78, 5) is 6.56. The Morgan fingerprint density at radius 3 is 2.77 bits per heavy atom. The quantitative estimate of drug-likeness (QED) is 0.670. The predicted octanol–water partition coefficient (Wildman–Crippen LogP) is 3.31. The molecule has 22 heavy (non-hydrogen) atoms. The van der Waals surface area contributed by atoms with Crippen LogP contribution in [0.3, 0.4) is 0 Å². The molecule has 0 unspecified atom stereocenters. The molecule has 0 amide bonds. The molecular formula is C17H23F2N3. The van der Waals surface area contributed by atoms with Gasteiger partial charge in [-0.25, -0.2) is 8.78 Å². The van der Waals surface area contributed by atoms with E-state index in [-0.39, 0.29) is 6.54 Å². The SMILES string of the molecule is CN=C(NCc1cc(F)ccc1F)N1CCC2(CCCC2)C1. The minimum absolute atomic E-state index is 0.250. The first kappa shape index (κ1) is 15.3. The second-order valence-corrected chi connectivity index (χ2v) is 6.52. The zero-order valence-corrected chi connectivity index (χ0v) is 13.0. The van der Waals surface area contributed by atoms with Gasteiger partial charge < -0.3 is 10.2 Å². The zero-order chi connectivity index (χ0) is 15.6. The highest BCUT2D eigenvalue weighted by Gasteiger charge is 2.41. The van der Waals surface area contributed by atoms with Gasteiger partial charge in [-0.2, -0.15) is 0 Å². The van der Waals surface area contributed by atoms with Gasteiger partial charge in [-0.05, 0) is 42.9 Å². The Kier molecular flexibility index (Phi) is 4.32. The molecule has 1 heterocycles. The van der Waals surface area contributed by atoms with Crippen LogP contribution in [0, 0.1) is 17.0 Å². The fourth-order valence-electron chi connectivity index (χ4n) is 3.83. The van der Waals surface area contributed by atoms with Crippen molar-refractivity contribution < 1.29 is 8.78 Å². The predicted molar refractivity (Wildman–Crippen MR) is 83.6 cm³/mol. The molecule has 5 heteroatoms.